The van der Waals surface area contributed by atoms with Crippen molar-refractivity contribution < 1.29 is 9.18 Å². The third kappa shape index (κ3) is 3.84. The van der Waals surface area contributed by atoms with Crippen molar-refractivity contribution in [3.05, 3.63) is 40.4 Å². The van der Waals surface area contributed by atoms with Crippen molar-refractivity contribution in [2.24, 2.45) is 11.0 Å². The Morgan fingerprint density at radius 2 is 2.46 bits per heavy atom. The van der Waals surface area contributed by atoms with Crippen molar-refractivity contribution in [2.75, 3.05) is 11.2 Å². The molecule has 2 aromatic heterocycles. The predicted octanol–water partition coefficient (Wildman–Crippen LogP) is 3.98. The summed E-state index contributed by atoms with van der Waals surface area (Å²) in [6.45, 7) is 1.79. The highest BCUT2D eigenvalue weighted by atomic mass is 32.2. The molecular weight excluding hydrogens is 351 g/mol. The van der Waals surface area contributed by atoms with Crippen LogP contribution in [-0.4, -0.2) is 27.0 Å². The first-order valence-electron chi connectivity index (χ1n) is 7.10. The lowest BCUT2D eigenvalue weighted by Crippen LogP contribution is -2.15. The number of azide groups is 1. The molecule has 1 fully saturated rings. The Morgan fingerprint density at radius 1 is 1.62 bits per heavy atom. The van der Waals surface area contributed by atoms with Crippen LogP contribution in [0.1, 0.15) is 12.1 Å². The van der Waals surface area contributed by atoms with E-state index >= 15 is 0 Å². The van der Waals surface area contributed by atoms with Crippen LogP contribution in [0.2, 0.25) is 0 Å². The standard InChI is InChI=1S/C14H13FN6OS2/c1-7-13(20-12(22)10-3-11(10)23-6-18-21-16)24-14(19-7)8-2-9(15)5-17-4-8/h2,4-5,10-11H,3,6H2,1H3,(H,20,22). The van der Waals surface area contributed by atoms with E-state index in [1.807, 2.05) is 0 Å². The number of hydrogen-bond donors (Lipinski definition) is 1. The minimum Gasteiger partial charge on any atom is -0.316 e. The van der Waals surface area contributed by atoms with Gasteiger partial charge in [-0.15, -0.1) is 0 Å². The maximum Gasteiger partial charge on any atom is 0.229 e. The summed E-state index contributed by atoms with van der Waals surface area (Å²) in [7, 11) is 0. The highest BCUT2D eigenvalue weighted by molar-refractivity contribution is 8.00. The van der Waals surface area contributed by atoms with Crippen molar-refractivity contribution >= 4 is 34.0 Å². The average Bonchev–Trinajstić information content (AvgIpc) is 3.24. The number of pyridine rings is 1. The highest BCUT2D eigenvalue weighted by Crippen LogP contribution is 2.43. The van der Waals surface area contributed by atoms with E-state index in [1.54, 1.807) is 6.92 Å². The molecule has 2 unspecified atom stereocenters. The summed E-state index contributed by atoms with van der Waals surface area (Å²) in [5, 5.41) is 7.80. The van der Waals surface area contributed by atoms with E-state index in [1.165, 1.54) is 35.4 Å². The molecule has 2 heterocycles. The van der Waals surface area contributed by atoms with Gasteiger partial charge in [-0.1, -0.05) is 16.5 Å². The number of halogens is 1. The molecule has 2 aromatic rings. The van der Waals surface area contributed by atoms with E-state index in [0.29, 0.717) is 27.1 Å². The first-order valence-corrected chi connectivity index (χ1v) is 8.96. The fourth-order valence-electron chi connectivity index (χ4n) is 2.16. The number of rotatable bonds is 6. The van der Waals surface area contributed by atoms with Crippen molar-refractivity contribution in [1.82, 2.24) is 9.97 Å². The Bertz CT molecular complexity index is 819. The fraction of sp³-hybridized carbons (Fsp3) is 0.357. The van der Waals surface area contributed by atoms with Crippen molar-refractivity contribution in [1.29, 1.82) is 0 Å². The smallest absolute Gasteiger partial charge is 0.229 e. The molecule has 0 saturated heterocycles. The zero-order valence-electron chi connectivity index (χ0n) is 12.6. The van der Waals surface area contributed by atoms with Gasteiger partial charge in [-0.05, 0) is 24.9 Å². The Kier molecular flexibility index (Phi) is 4.98. The molecule has 10 heteroatoms. The number of aromatic nitrogens is 2. The van der Waals surface area contributed by atoms with E-state index in [2.05, 4.69) is 25.3 Å². The number of carbonyl (C=O) groups is 1. The number of aryl methyl sites for hydroxylation is 1. The summed E-state index contributed by atoms with van der Waals surface area (Å²) in [6.07, 6.45) is 3.44. The first kappa shape index (κ1) is 16.7. The summed E-state index contributed by atoms with van der Waals surface area (Å²) in [6, 6.07) is 1.36. The normalized spacial score (nSPS) is 18.8. The van der Waals surface area contributed by atoms with Crippen LogP contribution in [0.4, 0.5) is 9.39 Å². The lowest BCUT2D eigenvalue weighted by atomic mass is 10.3. The molecule has 1 aliphatic carbocycles. The van der Waals surface area contributed by atoms with Gasteiger partial charge >= 0.3 is 0 Å². The van der Waals surface area contributed by atoms with E-state index in [4.69, 9.17) is 5.53 Å². The molecule has 1 N–H and O–H groups in total. The van der Waals surface area contributed by atoms with Crippen LogP contribution in [0.15, 0.2) is 23.6 Å². The minimum absolute atomic E-state index is 0.0656. The van der Waals surface area contributed by atoms with Crippen LogP contribution in [0.25, 0.3) is 21.0 Å². The van der Waals surface area contributed by atoms with Crippen LogP contribution in [0.3, 0.4) is 0 Å². The molecule has 24 heavy (non-hydrogen) atoms. The van der Waals surface area contributed by atoms with Gasteiger partial charge in [-0.3, -0.25) is 9.78 Å². The number of hydrogen-bond acceptors (Lipinski definition) is 6. The zero-order chi connectivity index (χ0) is 17.1. The number of thioether (sulfide) groups is 1. The van der Waals surface area contributed by atoms with Crippen LogP contribution in [0.5, 0.6) is 0 Å². The number of carbonyl (C=O) groups excluding carboxylic acids is 1. The third-order valence-electron chi connectivity index (χ3n) is 3.46. The molecule has 1 amide bonds. The van der Waals surface area contributed by atoms with Crippen LogP contribution in [0, 0.1) is 18.7 Å². The average molecular weight is 364 g/mol. The fourth-order valence-corrected chi connectivity index (χ4v) is 4.12. The van der Waals surface area contributed by atoms with Gasteiger partial charge in [0.15, 0.2) is 0 Å². The SMILES string of the molecule is Cc1nc(-c2cncc(F)c2)sc1NC(=O)C1CC1SCN=[N+]=[N-]. The molecule has 0 aromatic carbocycles. The van der Waals surface area contributed by atoms with Crippen LogP contribution in [-0.2, 0) is 4.79 Å². The quantitative estimate of drug-likeness (QED) is 0.475. The van der Waals surface area contributed by atoms with E-state index in [0.717, 1.165) is 12.6 Å². The number of amides is 1. The summed E-state index contributed by atoms with van der Waals surface area (Å²) < 4.78 is 13.3. The molecular formula is C14H13FN6OS2. The van der Waals surface area contributed by atoms with E-state index in [-0.39, 0.29) is 17.1 Å². The second-order valence-electron chi connectivity index (χ2n) is 5.22. The molecule has 3 rings (SSSR count). The summed E-state index contributed by atoms with van der Waals surface area (Å²) in [5.74, 6) is -0.237. The first-order chi connectivity index (χ1) is 11.6. The third-order valence-corrected chi connectivity index (χ3v) is 5.80. The van der Waals surface area contributed by atoms with Gasteiger partial charge in [0.1, 0.15) is 15.8 Å². The number of anilines is 1. The Labute approximate surface area is 145 Å². The molecule has 1 saturated carbocycles. The Balaban J connectivity index is 1.64. The topological polar surface area (TPSA) is 104 Å². The minimum atomic E-state index is -0.427. The van der Waals surface area contributed by atoms with Crippen molar-refractivity contribution in [2.45, 2.75) is 18.6 Å². The van der Waals surface area contributed by atoms with Gasteiger partial charge in [-0.25, -0.2) is 9.37 Å². The monoisotopic (exact) mass is 364 g/mol. The molecule has 7 nitrogen and oxygen atoms in total. The number of thiazole rings is 1. The highest BCUT2D eigenvalue weighted by Gasteiger charge is 2.43. The summed E-state index contributed by atoms with van der Waals surface area (Å²) in [5.41, 5.74) is 9.51. The van der Waals surface area contributed by atoms with Gasteiger partial charge in [-0.2, -0.15) is 11.8 Å². The number of nitrogens with zero attached hydrogens (tertiary/aromatic N) is 5. The largest absolute Gasteiger partial charge is 0.316 e. The van der Waals surface area contributed by atoms with Gasteiger partial charge in [0, 0.05) is 21.9 Å². The molecule has 0 aliphatic heterocycles. The summed E-state index contributed by atoms with van der Waals surface area (Å²) >= 11 is 2.77. The Hall–Kier alpha value is -2.16. The van der Waals surface area contributed by atoms with Crippen molar-refractivity contribution in [3.63, 3.8) is 0 Å². The molecule has 124 valence electrons. The van der Waals surface area contributed by atoms with Gasteiger partial charge < -0.3 is 5.32 Å². The van der Waals surface area contributed by atoms with Crippen LogP contribution < -0.4 is 5.32 Å². The molecule has 0 radical (unpaired) electrons. The van der Waals surface area contributed by atoms with Gasteiger partial charge in [0.25, 0.3) is 0 Å². The van der Waals surface area contributed by atoms with Gasteiger partial charge in [0.2, 0.25) is 5.91 Å². The number of nitrogens with one attached hydrogen (secondary N) is 1. The maximum atomic E-state index is 13.3. The van der Waals surface area contributed by atoms with Crippen LogP contribution >= 0.6 is 23.1 Å². The molecule has 0 spiro atoms. The molecule has 1 aliphatic rings. The predicted molar refractivity (Wildman–Crippen MR) is 92.2 cm³/mol. The second-order valence-corrected chi connectivity index (χ2v) is 7.42. The maximum absolute atomic E-state index is 13.3. The molecule has 0 bridgehead atoms. The van der Waals surface area contributed by atoms with Gasteiger partial charge in [0.05, 0.1) is 23.7 Å². The lowest BCUT2D eigenvalue weighted by molar-refractivity contribution is -0.117. The second kappa shape index (κ2) is 7.16. The van der Waals surface area contributed by atoms with E-state index < -0.39 is 5.82 Å². The zero-order valence-corrected chi connectivity index (χ0v) is 14.3. The summed E-state index contributed by atoms with van der Waals surface area (Å²) in [4.78, 5) is 23.1. The lowest BCUT2D eigenvalue weighted by Gasteiger charge is -2.02. The Morgan fingerprint density at radius 3 is 3.21 bits per heavy atom. The molecule has 2 atom stereocenters. The van der Waals surface area contributed by atoms with Crippen molar-refractivity contribution in [3.8, 4) is 10.6 Å². The van der Waals surface area contributed by atoms with E-state index in [9.17, 15) is 9.18 Å².